The fourth-order valence-electron chi connectivity index (χ4n) is 3.81. The lowest BCUT2D eigenvalue weighted by Gasteiger charge is -2.38. The molecule has 1 aromatic carbocycles. The first-order chi connectivity index (χ1) is 13.7. The fraction of sp³-hybridized carbons (Fsp3) is 0.409. The smallest absolute Gasteiger partial charge is 0.141 e. The summed E-state index contributed by atoms with van der Waals surface area (Å²) in [6.07, 6.45) is 2.92. The van der Waals surface area contributed by atoms with E-state index in [0.29, 0.717) is 0 Å². The second-order valence-electron chi connectivity index (χ2n) is 7.12. The van der Waals surface area contributed by atoms with E-state index in [-0.39, 0.29) is 6.04 Å². The van der Waals surface area contributed by atoms with Gasteiger partial charge in [-0.1, -0.05) is 44.2 Å². The van der Waals surface area contributed by atoms with Crippen LogP contribution in [0, 0.1) is 0 Å². The number of benzene rings is 1. The van der Waals surface area contributed by atoms with Crippen LogP contribution in [0.2, 0.25) is 0 Å². The van der Waals surface area contributed by atoms with Gasteiger partial charge >= 0.3 is 0 Å². The number of hydrogen-bond acceptors (Lipinski definition) is 6. The third kappa shape index (κ3) is 3.66. The molecule has 1 aliphatic heterocycles. The van der Waals surface area contributed by atoms with E-state index in [4.69, 9.17) is 9.97 Å². The zero-order chi connectivity index (χ0) is 19.5. The van der Waals surface area contributed by atoms with Crippen LogP contribution in [-0.4, -0.2) is 47.3 Å². The topological polar surface area (TPSA) is 49.3 Å². The molecule has 0 saturated carbocycles. The minimum Gasteiger partial charge on any atom is -0.353 e. The van der Waals surface area contributed by atoms with Gasteiger partial charge in [0, 0.05) is 37.5 Å². The van der Waals surface area contributed by atoms with E-state index >= 15 is 0 Å². The number of rotatable bonds is 6. The van der Waals surface area contributed by atoms with E-state index in [1.165, 1.54) is 10.3 Å². The van der Waals surface area contributed by atoms with Crippen LogP contribution in [0.25, 0.3) is 10.2 Å². The molecule has 6 heteroatoms. The molecule has 28 heavy (non-hydrogen) atoms. The van der Waals surface area contributed by atoms with Crippen molar-refractivity contribution in [3.8, 4) is 0 Å². The average molecular weight is 395 g/mol. The number of piperazine rings is 1. The summed E-state index contributed by atoms with van der Waals surface area (Å²) in [4.78, 5) is 28.5. The monoisotopic (exact) mass is 394 g/mol. The molecule has 0 bridgehead atoms. The summed E-state index contributed by atoms with van der Waals surface area (Å²) in [6, 6.07) is 12.1. The van der Waals surface area contributed by atoms with Crippen LogP contribution in [0.15, 0.2) is 36.4 Å². The third-order valence-corrected chi connectivity index (χ3v) is 6.59. The van der Waals surface area contributed by atoms with Crippen LogP contribution in [0.4, 0.5) is 5.82 Å². The summed E-state index contributed by atoms with van der Waals surface area (Å²) in [7, 11) is 0. The highest BCUT2D eigenvalue weighted by Gasteiger charge is 2.26. The SMILES string of the molecule is CCc1nc(N2CCN(C(C=O)c3ccccc3)CC2)c2cc(CC)sc2n1. The van der Waals surface area contributed by atoms with Crippen LogP contribution in [0.5, 0.6) is 0 Å². The molecule has 0 radical (unpaired) electrons. The summed E-state index contributed by atoms with van der Waals surface area (Å²) >= 11 is 1.78. The normalized spacial score (nSPS) is 16.4. The van der Waals surface area contributed by atoms with Crippen molar-refractivity contribution in [2.75, 3.05) is 31.1 Å². The zero-order valence-electron chi connectivity index (χ0n) is 16.5. The number of hydrogen-bond donors (Lipinski definition) is 0. The van der Waals surface area contributed by atoms with Gasteiger partial charge in [0.1, 0.15) is 22.8 Å². The molecule has 0 N–H and O–H groups in total. The molecule has 3 heterocycles. The largest absolute Gasteiger partial charge is 0.353 e. The van der Waals surface area contributed by atoms with Crippen molar-refractivity contribution < 1.29 is 4.79 Å². The molecule has 2 aromatic heterocycles. The van der Waals surface area contributed by atoms with E-state index in [1.54, 1.807) is 11.3 Å². The number of anilines is 1. The Morgan fingerprint density at radius 3 is 2.46 bits per heavy atom. The van der Waals surface area contributed by atoms with Gasteiger partial charge in [-0.25, -0.2) is 9.97 Å². The molecule has 1 saturated heterocycles. The van der Waals surface area contributed by atoms with E-state index in [0.717, 1.165) is 67.3 Å². The number of aryl methyl sites for hydroxylation is 2. The van der Waals surface area contributed by atoms with E-state index in [2.05, 4.69) is 29.7 Å². The standard InChI is InChI=1S/C22H26N4OS/c1-3-17-14-18-21(23-20(4-2)24-22(18)28-17)26-12-10-25(11-13-26)19(15-27)16-8-6-5-7-9-16/h5-9,14-15,19H,3-4,10-13H2,1-2H3. The maximum atomic E-state index is 11.8. The van der Waals surface area contributed by atoms with Gasteiger partial charge in [-0.2, -0.15) is 0 Å². The van der Waals surface area contributed by atoms with Gasteiger partial charge in [0.05, 0.1) is 11.4 Å². The van der Waals surface area contributed by atoms with Gasteiger partial charge in [0.25, 0.3) is 0 Å². The molecule has 5 nitrogen and oxygen atoms in total. The van der Waals surface area contributed by atoms with Crippen LogP contribution < -0.4 is 4.90 Å². The van der Waals surface area contributed by atoms with Crippen LogP contribution in [0.1, 0.15) is 36.2 Å². The highest BCUT2D eigenvalue weighted by atomic mass is 32.1. The van der Waals surface area contributed by atoms with Crippen molar-refractivity contribution in [1.29, 1.82) is 0 Å². The van der Waals surface area contributed by atoms with Gasteiger partial charge < -0.3 is 9.69 Å². The first-order valence-corrected chi connectivity index (χ1v) is 10.8. The highest BCUT2D eigenvalue weighted by Crippen LogP contribution is 2.32. The molecule has 1 aliphatic rings. The Bertz CT molecular complexity index is 948. The number of carbonyl (C=O) groups excluding carboxylic acids is 1. The van der Waals surface area contributed by atoms with Gasteiger partial charge in [-0.15, -0.1) is 11.3 Å². The molecule has 1 fully saturated rings. The average Bonchev–Trinajstić information content (AvgIpc) is 3.18. The van der Waals surface area contributed by atoms with Crippen LogP contribution in [0.3, 0.4) is 0 Å². The third-order valence-electron chi connectivity index (χ3n) is 5.41. The Hall–Kier alpha value is -2.31. The summed E-state index contributed by atoms with van der Waals surface area (Å²) in [5.41, 5.74) is 1.06. The summed E-state index contributed by atoms with van der Waals surface area (Å²) in [6.45, 7) is 7.70. The molecule has 146 valence electrons. The van der Waals surface area contributed by atoms with Crippen molar-refractivity contribution >= 4 is 33.7 Å². The van der Waals surface area contributed by atoms with Gasteiger partial charge in [-0.05, 0) is 18.1 Å². The number of fused-ring (bicyclic) bond motifs is 1. The van der Waals surface area contributed by atoms with Crippen molar-refractivity contribution in [2.45, 2.75) is 32.7 Å². The Balaban J connectivity index is 1.56. The van der Waals surface area contributed by atoms with Crippen molar-refractivity contribution in [1.82, 2.24) is 14.9 Å². The molecule has 4 rings (SSSR count). The van der Waals surface area contributed by atoms with Gasteiger partial charge in [0.2, 0.25) is 0 Å². The molecular weight excluding hydrogens is 368 g/mol. The number of aromatic nitrogens is 2. The Morgan fingerprint density at radius 2 is 1.82 bits per heavy atom. The number of nitrogens with zero attached hydrogens (tertiary/aromatic N) is 4. The quantitative estimate of drug-likeness (QED) is 0.594. The number of thiophene rings is 1. The van der Waals surface area contributed by atoms with Gasteiger partial charge in [-0.3, -0.25) is 4.90 Å². The molecular formula is C22H26N4OS. The lowest BCUT2D eigenvalue weighted by Crippen LogP contribution is -2.48. The second kappa shape index (κ2) is 8.37. The number of aldehydes is 1. The molecule has 1 unspecified atom stereocenters. The van der Waals surface area contributed by atoms with Crippen LogP contribution >= 0.6 is 11.3 Å². The van der Waals surface area contributed by atoms with Crippen molar-refractivity contribution in [3.63, 3.8) is 0 Å². The Kier molecular flexibility index (Phi) is 5.69. The summed E-state index contributed by atoms with van der Waals surface area (Å²) in [5.74, 6) is 1.96. The fourth-order valence-corrected chi connectivity index (χ4v) is 4.79. The highest BCUT2D eigenvalue weighted by molar-refractivity contribution is 7.18. The first kappa shape index (κ1) is 19.0. The Morgan fingerprint density at radius 1 is 1.07 bits per heavy atom. The first-order valence-electron chi connectivity index (χ1n) is 10.0. The van der Waals surface area contributed by atoms with Gasteiger partial charge in [0.15, 0.2) is 0 Å². The van der Waals surface area contributed by atoms with E-state index in [9.17, 15) is 4.79 Å². The van der Waals surface area contributed by atoms with E-state index in [1.807, 2.05) is 30.3 Å². The summed E-state index contributed by atoms with van der Waals surface area (Å²) < 4.78 is 0. The van der Waals surface area contributed by atoms with Crippen molar-refractivity contribution in [3.05, 3.63) is 52.7 Å². The zero-order valence-corrected chi connectivity index (χ0v) is 17.3. The lowest BCUT2D eigenvalue weighted by molar-refractivity contribution is -0.112. The lowest BCUT2D eigenvalue weighted by atomic mass is 10.1. The maximum absolute atomic E-state index is 11.8. The predicted molar refractivity (Wildman–Crippen MR) is 115 cm³/mol. The Labute approximate surface area is 170 Å². The molecule has 0 aliphatic carbocycles. The van der Waals surface area contributed by atoms with E-state index < -0.39 is 0 Å². The molecule has 1 atom stereocenters. The minimum atomic E-state index is -0.173. The maximum Gasteiger partial charge on any atom is 0.141 e. The molecule has 0 spiro atoms. The van der Waals surface area contributed by atoms with Crippen molar-refractivity contribution in [2.24, 2.45) is 0 Å². The molecule has 0 amide bonds. The number of carbonyl (C=O) groups is 1. The molecule has 3 aromatic rings. The van der Waals surface area contributed by atoms with Crippen LogP contribution in [-0.2, 0) is 17.6 Å². The second-order valence-corrected chi connectivity index (χ2v) is 8.23. The predicted octanol–water partition coefficient (Wildman–Crippen LogP) is 3.88. The summed E-state index contributed by atoms with van der Waals surface area (Å²) in [5, 5.41) is 1.17. The minimum absolute atomic E-state index is 0.173.